The summed E-state index contributed by atoms with van der Waals surface area (Å²) in [6, 6.07) is 1.89. The van der Waals surface area contributed by atoms with E-state index >= 15 is 0 Å². The number of nitrogens with zero attached hydrogens (tertiary/aromatic N) is 1. The van der Waals surface area contributed by atoms with Crippen LogP contribution in [0.3, 0.4) is 0 Å². The second-order valence-corrected chi connectivity index (χ2v) is 11.7. The number of aliphatic hydroxyl groups excluding tert-OH is 2. The average Bonchev–Trinajstić information content (AvgIpc) is 2.81. The zero-order valence-electron chi connectivity index (χ0n) is 21.7. The van der Waals surface area contributed by atoms with Crippen LogP contribution < -0.4 is 5.73 Å². The van der Waals surface area contributed by atoms with Crippen LogP contribution in [0.25, 0.3) is 0 Å². The monoisotopic (exact) mass is 526 g/mol. The number of phenols is 1. The standard InChI is InChI=1S/C28H34N2O8/c1-26-12-13-11-14-15(27(37)9-5-4-6-10-27)7-8-16(31)18(14)20(32)17(13)23(34)28(26,38)24(35)19(25(29)36)21(33)22(26)30(2)3/h7-8,13,22,31,33-34,37-38H,4-6,9-12H2,1-3H3,(H2,29,36)/t13-,22+,26-,28-/m0/s1. The average molecular weight is 527 g/mol. The van der Waals surface area contributed by atoms with E-state index in [1.165, 1.54) is 17.9 Å². The highest BCUT2D eigenvalue weighted by Gasteiger charge is 2.69. The zero-order valence-corrected chi connectivity index (χ0v) is 21.7. The summed E-state index contributed by atoms with van der Waals surface area (Å²) in [7, 11) is 3.18. The van der Waals surface area contributed by atoms with Crippen molar-refractivity contribution < 1.29 is 39.9 Å². The lowest BCUT2D eigenvalue weighted by molar-refractivity contribution is -0.165. The molecule has 7 N–H and O–H groups in total. The van der Waals surface area contributed by atoms with Crippen molar-refractivity contribution in [1.29, 1.82) is 0 Å². The number of Topliss-reactive ketones (excluding diaryl/α,β-unsaturated/α-hetero) is 2. The van der Waals surface area contributed by atoms with Crippen molar-refractivity contribution in [3.8, 4) is 5.75 Å². The summed E-state index contributed by atoms with van der Waals surface area (Å²) >= 11 is 0. The fourth-order valence-corrected chi connectivity index (χ4v) is 7.68. The van der Waals surface area contributed by atoms with Crippen LogP contribution in [0.15, 0.2) is 34.8 Å². The maximum Gasteiger partial charge on any atom is 0.255 e. The predicted molar refractivity (Wildman–Crippen MR) is 135 cm³/mol. The van der Waals surface area contributed by atoms with Crippen molar-refractivity contribution in [3.05, 3.63) is 51.5 Å². The lowest BCUT2D eigenvalue weighted by Crippen LogP contribution is -2.69. The number of phenolic OH excluding ortho intramolecular Hbond substituents is 1. The van der Waals surface area contributed by atoms with E-state index in [2.05, 4.69) is 0 Å². The number of ketones is 2. The molecule has 5 rings (SSSR count). The molecule has 4 aliphatic carbocycles. The van der Waals surface area contributed by atoms with Gasteiger partial charge in [0.05, 0.1) is 17.2 Å². The third-order valence-electron chi connectivity index (χ3n) is 9.34. The molecule has 1 aromatic carbocycles. The Balaban J connectivity index is 1.75. The number of fused-ring (bicyclic) bond motifs is 3. The minimum Gasteiger partial charge on any atom is -0.510 e. The van der Waals surface area contributed by atoms with Crippen LogP contribution in [0.5, 0.6) is 5.75 Å². The number of hydrogen-bond donors (Lipinski definition) is 6. The molecular formula is C28H34N2O8. The summed E-state index contributed by atoms with van der Waals surface area (Å²) < 4.78 is 0. The SMILES string of the molecule is CN(C)[C@@H]1C(O)=C(C(N)=O)C(=O)[C@@]2(O)C(O)=C3C(=O)c4c(O)ccc(C5(O)CCCCC5)c4C[C@H]3C[C@@]12C. The van der Waals surface area contributed by atoms with Crippen LogP contribution in [-0.4, -0.2) is 73.6 Å². The Kier molecular flexibility index (Phi) is 5.83. The van der Waals surface area contributed by atoms with Gasteiger partial charge in [-0.05, 0) is 62.9 Å². The molecule has 204 valence electrons. The van der Waals surface area contributed by atoms with Gasteiger partial charge < -0.3 is 31.3 Å². The number of carbonyl (C=O) groups excluding carboxylic acids is 3. The van der Waals surface area contributed by atoms with E-state index in [4.69, 9.17) is 5.73 Å². The minimum atomic E-state index is -2.73. The van der Waals surface area contributed by atoms with Gasteiger partial charge in [0, 0.05) is 11.0 Å². The first-order chi connectivity index (χ1) is 17.7. The van der Waals surface area contributed by atoms with Gasteiger partial charge in [0.25, 0.3) is 5.91 Å². The number of aromatic hydroxyl groups is 1. The number of nitrogens with two attached hydrogens (primary N) is 1. The minimum absolute atomic E-state index is 0.0215. The molecule has 1 amide bonds. The molecule has 10 nitrogen and oxygen atoms in total. The van der Waals surface area contributed by atoms with E-state index < -0.39 is 63.1 Å². The second-order valence-electron chi connectivity index (χ2n) is 11.7. The number of benzene rings is 1. The number of carbonyl (C=O) groups is 3. The Morgan fingerprint density at radius 2 is 1.68 bits per heavy atom. The van der Waals surface area contributed by atoms with Crippen molar-refractivity contribution in [2.45, 2.75) is 69.1 Å². The first kappa shape index (κ1) is 26.4. The first-order valence-corrected chi connectivity index (χ1v) is 12.9. The topological polar surface area (TPSA) is 182 Å². The molecule has 38 heavy (non-hydrogen) atoms. The Morgan fingerprint density at radius 1 is 1.05 bits per heavy atom. The Morgan fingerprint density at radius 3 is 2.26 bits per heavy atom. The van der Waals surface area contributed by atoms with Crippen molar-refractivity contribution in [1.82, 2.24) is 4.90 Å². The van der Waals surface area contributed by atoms with E-state index in [1.54, 1.807) is 20.2 Å². The van der Waals surface area contributed by atoms with Crippen LogP contribution in [0.2, 0.25) is 0 Å². The Hall–Kier alpha value is -3.21. The third-order valence-corrected chi connectivity index (χ3v) is 9.34. The largest absolute Gasteiger partial charge is 0.510 e. The highest BCUT2D eigenvalue weighted by Crippen LogP contribution is 2.59. The van der Waals surface area contributed by atoms with Gasteiger partial charge in [-0.25, -0.2) is 0 Å². The first-order valence-electron chi connectivity index (χ1n) is 12.9. The fourth-order valence-electron chi connectivity index (χ4n) is 7.68. The number of allylic oxidation sites excluding steroid dienone is 1. The van der Waals surface area contributed by atoms with Crippen molar-refractivity contribution >= 4 is 17.5 Å². The molecule has 1 fully saturated rings. The van der Waals surface area contributed by atoms with Gasteiger partial charge in [0.1, 0.15) is 22.8 Å². The molecule has 0 radical (unpaired) electrons. The van der Waals surface area contributed by atoms with E-state index in [1.807, 2.05) is 0 Å². The van der Waals surface area contributed by atoms with Crippen molar-refractivity contribution in [2.24, 2.45) is 17.1 Å². The highest BCUT2D eigenvalue weighted by molar-refractivity contribution is 6.25. The Bertz CT molecular complexity index is 1340. The summed E-state index contributed by atoms with van der Waals surface area (Å²) in [5.41, 5.74) is -0.154. The fraction of sp³-hybridized carbons (Fsp3) is 0.536. The molecule has 4 atom stereocenters. The quantitative estimate of drug-likeness (QED) is 0.319. The van der Waals surface area contributed by atoms with Crippen LogP contribution in [0.4, 0.5) is 0 Å². The summed E-state index contributed by atoms with van der Waals surface area (Å²) in [6.45, 7) is 1.52. The maximum atomic E-state index is 13.9. The summed E-state index contributed by atoms with van der Waals surface area (Å²) in [5, 5.41) is 56.7. The maximum absolute atomic E-state index is 13.9. The smallest absolute Gasteiger partial charge is 0.255 e. The third kappa shape index (κ3) is 3.20. The van der Waals surface area contributed by atoms with E-state index in [-0.39, 0.29) is 29.7 Å². The molecule has 0 heterocycles. The van der Waals surface area contributed by atoms with Gasteiger partial charge in [0.15, 0.2) is 11.4 Å². The molecule has 0 aromatic heterocycles. The normalized spacial score (nSPS) is 32.7. The molecule has 0 aliphatic heterocycles. The van der Waals surface area contributed by atoms with E-state index in [0.717, 1.165) is 19.3 Å². The molecule has 10 heteroatoms. The molecular weight excluding hydrogens is 492 g/mol. The summed E-state index contributed by atoms with van der Waals surface area (Å²) in [4.78, 5) is 41.1. The molecule has 4 aliphatic rings. The van der Waals surface area contributed by atoms with Gasteiger partial charge in [-0.1, -0.05) is 32.3 Å². The van der Waals surface area contributed by atoms with Gasteiger partial charge in [-0.3, -0.25) is 19.3 Å². The van der Waals surface area contributed by atoms with Crippen LogP contribution >= 0.6 is 0 Å². The van der Waals surface area contributed by atoms with Gasteiger partial charge in [-0.2, -0.15) is 0 Å². The van der Waals surface area contributed by atoms with E-state index in [0.29, 0.717) is 24.0 Å². The van der Waals surface area contributed by atoms with Crippen LogP contribution in [0, 0.1) is 11.3 Å². The summed E-state index contributed by atoms with van der Waals surface area (Å²) in [6.07, 6.45) is 3.79. The number of amides is 1. The number of rotatable bonds is 3. The number of likely N-dealkylation sites (N-methyl/N-ethyl adjacent to an activating group) is 1. The van der Waals surface area contributed by atoms with E-state index in [9.17, 15) is 39.9 Å². The van der Waals surface area contributed by atoms with Gasteiger partial charge >= 0.3 is 0 Å². The molecule has 0 unspecified atom stereocenters. The lowest BCUT2D eigenvalue weighted by atomic mass is 9.51. The molecule has 0 spiro atoms. The van der Waals surface area contributed by atoms with Crippen LogP contribution in [-0.2, 0) is 21.6 Å². The van der Waals surface area contributed by atoms with Crippen molar-refractivity contribution in [2.75, 3.05) is 14.1 Å². The second kappa shape index (κ2) is 8.39. The predicted octanol–water partition coefficient (Wildman–Crippen LogP) is 1.66. The van der Waals surface area contributed by atoms with Gasteiger partial charge in [-0.15, -0.1) is 0 Å². The zero-order chi connectivity index (χ0) is 27.9. The summed E-state index contributed by atoms with van der Waals surface area (Å²) in [5.74, 6) is -5.84. The molecule has 0 bridgehead atoms. The number of aliphatic hydroxyl groups is 4. The molecule has 1 aromatic rings. The number of hydrogen-bond acceptors (Lipinski definition) is 9. The number of primary amides is 1. The van der Waals surface area contributed by atoms with Gasteiger partial charge in [0.2, 0.25) is 5.78 Å². The Labute approximate surface area is 220 Å². The molecule has 0 saturated heterocycles. The lowest BCUT2D eigenvalue weighted by Gasteiger charge is -2.57. The van der Waals surface area contributed by atoms with Crippen molar-refractivity contribution in [3.63, 3.8) is 0 Å². The van der Waals surface area contributed by atoms with Crippen LogP contribution in [0.1, 0.15) is 66.9 Å². The highest BCUT2D eigenvalue weighted by atomic mass is 16.4. The molecule has 1 saturated carbocycles.